The second kappa shape index (κ2) is 6.05. The van der Waals surface area contributed by atoms with E-state index in [1.807, 2.05) is 4.90 Å². The largest absolute Gasteiger partial charge is 0.342 e. The minimum absolute atomic E-state index is 0.165. The summed E-state index contributed by atoms with van der Waals surface area (Å²) in [6.45, 7) is 6.16. The number of carbonyl (C=O) groups is 1. The van der Waals surface area contributed by atoms with Crippen LogP contribution in [-0.2, 0) is 4.79 Å². The van der Waals surface area contributed by atoms with Gasteiger partial charge in [0.1, 0.15) is 0 Å². The topological polar surface area (TPSA) is 20.3 Å². The van der Waals surface area contributed by atoms with Crippen LogP contribution in [0.4, 0.5) is 0 Å². The quantitative estimate of drug-likeness (QED) is 0.677. The molecule has 1 amide bonds. The predicted octanol–water partition coefficient (Wildman–Crippen LogP) is 2.64. The molecule has 0 aromatic carbocycles. The molecule has 0 saturated carbocycles. The number of piperidine rings is 1. The fraction of sp³-hybridized carbons (Fsp3) is 0.833. The van der Waals surface area contributed by atoms with Crippen molar-refractivity contribution < 1.29 is 4.79 Å². The normalized spacial score (nSPS) is 19.4. The van der Waals surface area contributed by atoms with Gasteiger partial charge in [-0.15, -0.1) is 0 Å². The maximum absolute atomic E-state index is 12.0. The summed E-state index contributed by atoms with van der Waals surface area (Å²) >= 11 is 0. The molecule has 1 heterocycles. The molecule has 2 heteroatoms. The maximum Gasteiger partial charge on any atom is 0.225 e. The molecule has 1 radical (unpaired) electrons. The van der Waals surface area contributed by atoms with Crippen molar-refractivity contribution in [3.63, 3.8) is 0 Å². The Morgan fingerprint density at radius 2 is 1.93 bits per heavy atom. The summed E-state index contributed by atoms with van der Waals surface area (Å²) in [7, 11) is 0. The van der Waals surface area contributed by atoms with Crippen molar-refractivity contribution in [2.45, 2.75) is 46.0 Å². The number of carbonyl (C=O) groups excluding carboxylic acids is 1. The molecule has 81 valence electrons. The summed E-state index contributed by atoms with van der Waals surface area (Å²) < 4.78 is 0. The third-order valence-electron chi connectivity index (χ3n) is 2.94. The molecule has 1 saturated heterocycles. The van der Waals surface area contributed by atoms with Gasteiger partial charge in [-0.1, -0.05) is 20.3 Å². The van der Waals surface area contributed by atoms with Gasteiger partial charge < -0.3 is 4.90 Å². The van der Waals surface area contributed by atoms with Crippen molar-refractivity contribution in [3.05, 3.63) is 6.42 Å². The molecule has 1 atom stereocenters. The molecule has 1 fully saturated rings. The van der Waals surface area contributed by atoms with Crippen molar-refractivity contribution in [2.75, 3.05) is 13.1 Å². The van der Waals surface area contributed by atoms with Gasteiger partial charge in [0, 0.05) is 19.0 Å². The van der Waals surface area contributed by atoms with Crippen LogP contribution in [0.2, 0.25) is 0 Å². The lowest BCUT2D eigenvalue weighted by molar-refractivity contribution is -0.135. The number of likely N-dealkylation sites (tertiary alicyclic amines) is 1. The highest BCUT2D eigenvalue weighted by molar-refractivity contribution is 5.80. The van der Waals surface area contributed by atoms with Crippen LogP contribution in [0.1, 0.15) is 46.0 Å². The molecule has 0 aromatic heterocycles. The number of nitrogens with zero attached hydrogens (tertiary/aromatic N) is 1. The van der Waals surface area contributed by atoms with E-state index >= 15 is 0 Å². The van der Waals surface area contributed by atoms with Gasteiger partial charge in [-0.3, -0.25) is 4.79 Å². The van der Waals surface area contributed by atoms with Crippen LogP contribution < -0.4 is 0 Å². The van der Waals surface area contributed by atoms with Crippen LogP contribution in [0.15, 0.2) is 0 Å². The third kappa shape index (κ3) is 3.00. The first-order valence-electron chi connectivity index (χ1n) is 5.91. The molecule has 2 nitrogen and oxygen atoms in total. The highest BCUT2D eigenvalue weighted by atomic mass is 16.2. The summed E-state index contributed by atoms with van der Waals surface area (Å²) in [4.78, 5) is 14.1. The molecule has 14 heavy (non-hydrogen) atoms. The Kier molecular flexibility index (Phi) is 4.99. The van der Waals surface area contributed by atoms with Crippen molar-refractivity contribution in [1.29, 1.82) is 0 Å². The summed E-state index contributed by atoms with van der Waals surface area (Å²) in [6.07, 6.45) is 7.76. The Morgan fingerprint density at radius 3 is 2.43 bits per heavy atom. The maximum atomic E-state index is 12.0. The van der Waals surface area contributed by atoms with Gasteiger partial charge in [0.05, 0.1) is 0 Å². The smallest absolute Gasteiger partial charge is 0.225 e. The molecule has 1 aliphatic rings. The minimum atomic E-state index is 0.165. The zero-order chi connectivity index (χ0) is 10.4. The number of rotatable bonds is 4. The number of amides is 1. The second-order valence-corrected chi connectivity index (χ2v) is 4.04. The van der Waals surface area contributed by atoms with Crippen LogP contribution in [-0.4, -0.2) is 23.9 Å². The highest BCUT2D eigenvalue weighted by Crippen LogP contribution is 2.17. The fourth-order valence-electron chi connectivity index (χ4n) is 2.08. The molecule has 0 spiro atoms. The monoisotopic (exact) mass is 196 g/mol. The van der Waals surface area contributed by atoms with Gasteiger partial charge in [-0.05, 0) is 32.1 Å². The Balaban J connectivity index is 2.43. The van der Waals surface area contributed by atoms with E-state index in [1.54, 1.807) is 0 Å². The SMILES string of the molecule is CC[CH]C(CC)C(=O)N1CCCCC1. The van der Waals surface area contributed by atoms with Crippen molar-refractivity contribution in [1.82, 2.24) is 4.90 Å². The van der Waals surface area contributed by atoms with E-state index in [0.717, 1.165) is 25.9 Å². The van der Waals surface area contributed by atoms with Gasteiger partial charge in [-0.2, -0.15) is 0 Å². The standard InChI is InChI=1S/C12H22NO/c1-3-8-11(4-2)12(14)13-9-6-5-7-10-13/h8,11H,3-7,9-10H2,1-2H3. The Bertz CT molecular complexity index is 166. The molecular weight excluding hydrogens is 174 g/mol. The minimum Gasteiger partial charge on any atom is -0.342 e. The first-order chi connectivity index (χ1) is 6.79. The van der Waals surface area contributed by atoms with Crippen molar-refractivity contribution >= 4 is 5.91 Å². The lowest BCUT2D eigenvalue weighted by atomic mass is 9.98. The van der Waals surface area contributed by atoms with Gasteiger partial charge >= 0.3 is 0 Å². The Hall–Kier alpha value is -0.530. The summed E-state index contributed by atoms with van der Waals surface area (Å²) in [6, 6.07) is 0. The molecular formula is C12H22NO. The van der Waals surface area contributed by atoms with E-state index in [-0.39, 0.29) is 5.92 Å². The van der Waals surface area contributed by atoms with E-state index in [2.05, 4.69) is 20.3 Å². The van der Waals surface area contributed by atoms with Gasteiger partial charge in [0.2, 0.25) is 5.91 Å². The fourth-order valence-corrected chi connectivity index (χ4v) is 2.08. The first kappa shape index (κ1) is 11.5. The van der Waals surface area contributed by atoms with Crippen LogP contribution in [0, 0.1) is 12.3 Å². The van der Waals surface area contributed by atoms with E-state index in [9.17, 15) is 4.79 Å². The number of hydrogen-bond acceptors (Lipinski definition) is 1. The Morgan fingerprint density at radius 1 is 1.29 bits per heavy atom. The van der Waals surface area contributed by atoms with E-state index in [0.29, 0.717) is 5.91 Å². The molecule has 0 N–H and O–H groups in total. The molecule has 0 aromatic rings. The van der Waals surface area contributed by atoms with Crippen molar-refractivity contribution in [2.24, 2.45) is 5.92 Å². The van der Waals surface area contributed by atoms with Gasteiger partial charge in [0.25, 0.3) is 0 Å². The van der Waals surface area contributed by atoms with E-state index in [1.165, 1.54) is 19.3 Å². The molecule has 1 unspecified atom stereocenters. The van der Waals surface area contributed by atoms with Gasteiger partial charge in [0.15, 0.2) is 0 Å². The second-order valence-electron chi connectivity index (χ2n) is 4.04. The molecule has 0 aliphatic carbocycles. The van der Waals surface area contributed by atoms with E-state index in [4.69, 9.17) is 0 Å². The molecule has 1 rings (SSSR count). The third-order valence-corrected chi connectivity index (χ3v) is 2.94. The summed E-state index contributed by atoms with van der Waals surface area (Å²) in [5.74, 6) is 0.521. The average Bonchev–Trinajstić information content (AvgIpc) is 2.26. The van der Waals surface area contributed by atoms with Gasteiger partial charge in [-0.25, -0.2) is 0 Å². The van der Waals surface area contributed by atoms with E-state index < -0.39 is 0 Å². The zero-order valence-corrected chi connectivity index (χ0v) is 9.46. The first-order valence-corrected chi connectivity index (χ1v) is 5.91. The average molecular weight is 196 g/mol. The zero-order valence-electron chi connectivity index (χ0n) is 9.46. The van der Waals surface area contributed by atoms with Crippen LogP contribution in [0.25, 0.3) is 0 Å². The molecule has 0 bridgehead atoms. The lowest BCUT2D eigenvalue weighted by Gasteiger charge is -2.30. The molecule has 1 aliphatic heterocycles. The lowest BCUT2D eigenvalue weighted by Crippen LogP contribution is -2.39. The predicted molar refractivity (Wildman–Crippen MR) is 58.8 cm³/mol. The van der Waals surface area contributed by atoms with Crippen LogP contribution >= 0.6 is 0 Å². The summed E-state index contributed by atoms with van der Waals surface area (Å²) in [5, 5.41) is 0. The van der Waals surface area contributed by atoms with Crippen LogP contribution in [0.5, 0.6) is 0 Å². The number of hydrogen-bond donors (Lipinski definition) is 0. The Labute approximate surface area is 87.7 Å². The highest BCUT2D eigenvalue weighted by Gasteiger charge is 2.23. The van der Waals surface area contributed by atoms with Crippen molar-refractivity contribution in [3.8, 4) is 0 Å². The summed E-state index contributed by atoms with van der Waals surface area (Å²) in [5.41, 5.74) is 0. The van der Waals surface area contributed by atoms with Crippen LogP contribution in [0.3, 0.4) is 0 Å².